The molecule has 0 N–H and O–H groups in total. The van der Waals surface area contributed by atoms with Gasteiger partial charge in [0.05, 0.1) is 23.4 Å². The largest absolute Gasteiger partial charge is 0.380 e. The molecule has 3 rings (SSSR count). The summed E-state index contributed by atoms with van der Waals surface area (Å²) in [6.07, 6.45) is 1.77. The lowest BCUT2D eigenvalue weighted by molar-refractivity contribution is -0.151. The molecule has 0 amide bonds. The van der Waals surface area contributed by atoms with Crippen molar-refractivity contribution in [2.24, 2.45) is 5.41 Å². The molecule has 1 aromatic carbocycles. The van der Waals surface area contributed by atoms with E-state index in [1.165, 1.54) is 0 Å². The lowest BCUT2D eigenvalue weighted by Crippen LogP contribution is -2.60. The highest BCUT2D eigenvalue weighted by Gasteiger charge is 2.58. The van der Waals surface area contributed by atoms with Crippen LogP contribution in [0, 0.1) is 5.41 Å². The van der Waals surface area contributed by atoms with E-state index < -0.39 is 9.84 Å². The van der Waals surface area contributed by atoms with Crippen LogP contribution in [0.2, 0.25) is 0 Å². The van der Waals surface area contributed by atoms with Crippen molar-refractivity contribution in [2.75, 3.05) is 13.2 Å². The minimum absolute atomic E-state index is 0.0608. The second kappa shape index (κ2) is 3.31. The van der Waals surface area contributed by atoms with E-state index in [4.69, 9.17) is 4.74 Å². The molecule has 1 aromatic rings. The van der Waals surface area contributed by atoms with Gasteiger partial charge < -0.3 is 4.74 Å². The van der Waals surface area contributed by atoms with Crippen molar-refractivity contribution in [1.29, 1.82) is 0 Å². The van der Waals surface area contributed by atoms with Crippen LogP contribution in [-0.4, -0.2) is 26.9 Å². The maximum atomic E-state index is 12.4. The Morgan fingerprint density at radius 2 is 1.88 bits per heavy atom. The van der Waals surface area contributed by atoms with Gasteiger partial charge in [0.1, 0.15) is 0 Å². The van der Waals surface area contributed by atoms with Crippen molar-refractivity contribution in [2.45, 2.75) is 23.0 Å². The van der Waals surface area contributed by atoms with Crippen LogP contribution in [0.5, 0.6) is 0 Å². The molecule has 1 saturated heterocycles. The van der Waals surface area contributed by atoms with E-state index in [0.29, 0.717) is 18.1 Å². The average molecular weight is 238 g/mol. The molecular formula is C12H14O3S. The first kappa shape index (κ1) is 10.3. The lowest BCUT2D eigenvalue weighted by atomic mass is 9.67. The molecule has 4 heteroatoms. The number of hydrogen-bond donors (Lipinski definition) is 0. The first-order chi connectivity index (χ1) is 7.65. The molecule has 0 bridgehead atoms. The summed E-state index contributed by atoms with van der Waals surface area (Å²) in [5, 5.41) is -0.226. The fraction of sp³-hybridized carbons (Fsp3) is 0.500. The highest BCUT2D eigenvalue weighted by molar-refractivity contribution is 7.92. The molecule has 1 spiro atoms. The molecule has 0 aromatic heterocycles. The van der Waals surface area contributed by atoms with Gasteiger partial charge in [-0.2, -0.15) is 0 Å². The monoisotopic (exact) mass is 238 g/mol. The Hall–Kier alpha value is -0.870. The summed E-state index contributed by atoms with van der Waals surface area (Å²) >= 11 is 0. The van der Waals surface area contributed by atoms with Crippen molar-refractivity contribution in [1.82, 2.24) is 0 Å². The maximum absolute atomic E-state index is 12.4. The third-order valence-electron chi connectivity index (χ3n) is 3.81. The zero-order valence-electron chi connectivity index (χ0n) is 8.93. The number of sulfone groups is 1. The Balaban J connectivity index is 1.95. The molecule has 1 unspecified atom stereocenters. The van der Waals surface area contributed by atoms with Crippen molar-refractivity contribution in [3.63, 3.8) is 0 Å². The van der Waals surface area contributed by atoms with Gasteiger partial charge in [-0.05, 0) is 25.0 Å². The Kier molecular flexibility index (Phi) is 2.13. The fourth-order valence-corrected chi connectivity index (χ4v) is 4.83. The molecule has 0 radical (unpaired) electrons. The Labute approximate surface area is 95.3 Å². The Morgan fingerprint density at radius 3 is 2.31 bits per heavy atom. The third-order valence-corrected chi connectivity index (χ3v) is 6.23. The molecule has 2 fully saturated rings. The van der Waals surface area contributed by atoms with Gasteiger partial charge in [0, 0.05) is 5.41 Å². The molecule has 1 aliphatic carbocycles. The van der Waals surface area contributed by atoms with Crippen LogP contribution in [-0.2, 0) is 14.6 Å². The minimum atomic E-state index is -3.15. The number of benzene rings is 1. The quantitative estimate of drug-likeness (QED) is 0.786. The molecule has 2 aliphatic rings. The third kappa shape index (κ3) is 1.26. The summed E-state index contributed by atoms with van der Waals surface area (Å²) in [7, 11) is -3.15. The summed E-state index contributed by atoms with van der Waals surface area (Å²) < 4.78 is 29.9. The van der Waals surface area contributed by atoms with Crippen molar-refractivity contribution >= 4 is 9.84 Å². The molecular weight excluding hydrogens is 224 g/mol. The zero-order chi connectivity index (χ0) is 11.2. The molecule has 1 saturated carbocycles. The second-order valence-corrected chi connectivity index (χ2v) is 6.87. The highest BCUT2D eigenvalue weighted by Crippen LogP contribution is 2.51. The number of rotatable bonds is 2. The van der Waals surface area contributed by atoms with Crippen molar-refractivity contribution < 1.29 is 13.2 Å². The SMILES string of the molecule is O=S(=O)(c1ccccc1)C1CCC12COC2. The average Bonchev–Trinajstić information content (AvgIpc) is 2.14. The van der Waals surface area contributed by atoms with E-state index in [1.807, 2.05) is 6.07 Å². The van der Waals surface area contributed by atoms with Gasteiger partial charge in [-0.3, -0.25) is 0 Å². The molecule has 1 aliphatic heterocycles. The number of ether oxygens (including phenoxy) is 1. The summed E-state index contributed by atoms with van der Waals surface area (Å²) in [6.45, 7) is 1.23. The van der Waals surface area contributed by atoms with Crippen LogP contribution in [0.3, 0.4) is 0 Å². The predicted molar refractivity (Wildman–Crippen MR) is 59.9 cm³/mol. The van der Waals surface area contributed by atoms with Crippen LogP contribution in [0.4, 0.5) is 0 Å². The maximum Gasteiger partial charge on any atom is 0.181 e. The van der Waals surface area contributed by atoms with Gasteiger partial charge in [0.25, 0.3) is 0 Å². The second-order valence-electron chi connectivity index (χ2n) is 4.74. The lowest BCUT2D eigenvalue weighted by Gasteiger charge is -2.54. The topological polar surface area (TPSA) is 43.4 Å². The first-order valence-electron chi connectivity index (χ1n) is 5.52. The van der Waals surface area contributed by atoms with E-state index in [9.17, 15) is 8.42 Å². The van der Waals surface area contributed by atoms with Gasteiger partial charge in [0.2, 0.25) is 0 Å². The fourth-order valence-electron chi connectivity index (χ4n) is 2.62. The number of hydrogen-bond acceptors (Lipinski definition) is 3. The smallest absolute Gasteiger partial charge is 0.181 e. The van der Waals surface area contributed by atoms with E-state index in [1.54, 1.807) is 24.3 Å². The van der Waals surface area contributed by atoms with Gasteiger partial charge in [-0.15, -0.1) is 0 Å². The molecule has 86 valence electrons. The van der Waals surface area contributed by atoms with Crippen LogP contribution in [0.15, 0.2) is 35.2 Å². The van der Waals surface area contributed by atoms with Crippen LogP contribution < -0.4 is 0 Å². The first-order valence-corrected chi connectivity index (χ1v) is 7.07. The van der Waals surface area contributed by atoms with E-state index in [-0.39, 0.29) is 10.7 Å². The zero-order valence-corrected chi connectivity index (χ0v) is 9.74. The van der Waals surface area contributed by atoms with Gasteiger partial charge >= 0.3 is 0 Å². The summed E-state index contributed by atoms with van der Waals surface area (Å²) in [5.41, 5.74) is -0.0608. The minimum Gasteiger partial charge on any atom is -0.380 e. The Morgan fingerprint density at radius 1 is 1.19 bits per heavy atom. The van der Waals surface area contributed by atoms with Crippen LogP contribution >= 0.6 is 0 Å². The van der Waals surface area contributed by atoms with Gasteiger partial charge in [0.15, 0.2) is 9.84 Å². The van der Waals surface area contributed by atoms with E-state index >= 15 is 0 Å². The molecule has 16 heavy (non-hydrogen) atoms. The standard InChI is InChI=1S/C12H14O3S/c13-16(14,10-4-2-1-3-5-10)11-6-7-12(11)8-15-9-12/h1-5,11H,6-9H2. The van der Waals surface area contributed by atoms with Crippen LogP contribution in [0.25, 0.3) is 0 Å². The predicted octanol–water partition coefficient (Wildman–Crippen LogP) is 1.64. The molecule has 1 heterocycles. The van der Waals surface area contributed by atoms with Gasteiger partial charge in [-0.1, -0.05) is 18.2 Å². The summed E-state index contributed by atoms with van der Waals surface area (Å²) in [4.78, 5) is 0.450. The Bertz CT molecular complexity index is 483. The summed E-state index contributed by atoms with van der Waals surface area (Å²) in [6, 6.07) is 8.74. The van der Waals surface area contributed by atoms with Crippen molar-refractivity contribution in [3.8, 4) is 0 Å². The summed E-state index contributed by atoms with van der Waals surface area (Å²) in [5.74, 6) is 0. The normalized spacial score (nSPS) is 27.1. The van der Waals surface area contributed by atoms with Crippen LogP contribution in [0.1, 0.15) is 12.8 Å². The van der Waals surface area contributed by atoms with E-state index in [2.05, 4.69) is 0 Å². The molecule has 3 nitrogen and oxygen atoms in total. The van der Waals surface area contributed by atoms with Crippen molar-refractivity contribution in [3.05, 3.63) is 30.3 Å². The van der Waals surface area contributed by atoms with Gasteiger partial charge in [-0.25, -0.2) is 8.42 Å². The van der Waals surface area contributed by atoms with E-state index in [0.717, 1.165) is 12.8 Å². The molecule has 1 atom stereocenters. The highest BCUT2D eigenvalue weighted by atomic mass is 32.2.